The van der Waals surface area contributed by atoms with Gasteiger partial charge in [-0.3, -0.25) is 10.2 Å². The van der Waals surface area contributed by atoms with Crippen molar-refractivity contribution in [3.05, 3.63) is 63.1 Å². The average molecular weight is 402 g/mol. The number of hydrogen-bond donors (Lipinski definition) is 1. The number of hydrogen-bond acceptors (Lipinski definition) is 5. The number of halogens is 1. The van der Waals surface area contributed by atoms with Gasteiger partial charge in [0.1, 0.15) is 12.1 Å². The van der Waals surface area contributed by atoms with Gasteiger partial charge in [-0.2, -0.15) is 0 Å². The molecule has 1 N–H and O–H groups in total. The van der Waals surface area contributed by atoms with Crippen LogP contribution in [0, 0.1) is 5.41 Å². The molecule has 1 aromatic carbocycles. The highest BCUT2D eigenvalue weighted by molar-refractivity contribution is 7.18. The number of aryl methyl sites for hydroxylation is 1. The maximum atomic E-state index is 12.2. The van der Waals surface area contributed by atoms with E-state index in [1.165, 1.54) is 11.3 Å². The number of benzene rings is 1. The summed E-state index contributed by atoms with van der Waals surface area (Å²) in [6.07, 6.45) is 2.47. The van der Waals surface area contributed by atoms with Crippen LogP contribution in [0.4, 0.5) is 0 Å². The zero-order valence-electron chi connectivity index (χ0n) is 15.2. The van der Waals surface area contributed by atoms with Crippen LogP contribution >= 0.6 is 22.9 Å². The van der Waals surface area contributed by atoms with Crippen molar-refractivity contribution in [2.24, 2.45) is 0 Å². The molecule has 27 heavy (non-hydrogen) atoms. The highest BCUT2D eigenvalue weighted by Gasteiger charge is 2.13. The van der Waals surface area contributed by atoms with Gasteiger partial charge >= 0.3 is 0 Å². The molecule has 0 amide bonds. The van der Waals surface area contributed by atoms with Crippen LogP contribution in [-0.4, -0.2) is 35.1 Å². The Morgan fingerprint density at radius 1 is 1.26 bits per heavy atom. The molecule has 2 aromatic heterocycles. The van der Waals surface area contributed by atoms with E-state index in [4.69, 9.17) is 21.4 Å². The van der Waals surface area contributed by atoms with Gasteiger partial charge in [0, 0.05) is 37.6 Å². The molecule has 0 atom stereocenters. The Morgan fingerprint density at radius 2 is 2.00 bits per heavy atom. The van der Waals surface area contributed by atoms with Crippen LogP contribution in [-0.2, 0) is 6.42 Å². The van der Waals surface area contributed by atoms with Crippen LogP contribution in [0.15, 0.2) is 47.1 Å². The molecule has 5 nitrogen and oxygen atoms in total. The number of thiophene rings is 1. The van der Waals surface area contributed by atoms with Crippen LogP contribution < -0.4 is 0 Å². The zero-order valence-corrected chi connectivity index (χ0v) is 16.7. The van der Waals surface area contributed by atoms with Crippen molar-refractivity contribution in [2.45, 2.75) is 19.8 Å². The van der Waals surface area contributed by atoms with E-state index in [0.29, 0.717) is 33.8 Å². The smallest absolute Gasteiger partial charge is 0.226 e. The van der Waals surface area contributed by atoms with E-state index in [1.807, 2.05) is 43.1 Å². The Morgan fingerprint density at radius 3 is 2.63 bits per heavy atom. The molecule has 0 aliphatic heterocycles. The fourth-order valence-electron chi connectivity index (χ4n) is 2.53. The van der Waals surface area contributed by atoms with Crippen molar-refractivity contribution in [1.82, 2.24) is 9.88 Å². The molecule has 0 spiro atoms. The van der Waals surface area contributed by atoms with Gasteiger partial charge in [-0.15, -0.1) is 11.3 Å². The minimum absolute atomic E-state index is 0.0550. The number of Topliss-reactive ketones (excluding diaryl/α,β-unsaturated/α-hetero) is 1. The molecule has 3 aromatic rings. The van der Waals surface area contributed by atoms with Crippen molar-refractivity contribution in [1.29, 1.82) is 5.41 Å². The summed E-state index contributed by atoms with van der Waals surface area (Å²) in [7, 11) is 1.89. The van der Waals surface area contributed by atoms with Crippen molar-refractivity contribution in [3.63, 3.8) is 0 Å². The molecule has 3 rings (SSSR count). The quantitative estimate of drug-likeness (QED) is 0.337. The molecule has 140 valence electrons. The Hall–Kier alpha value is -2.44. The molecule has 0 radical (unpaired) electrons. The topological polar surface area (TPSA) is 70.2 Å². The van der Waals surface area contributed by atoms with Crippen LogP contribution in [0.2, 0.25) is 4.34 Å². The lowest BCUT2D eigenvalue weighted by atomic mass is 10.1. The minimum atomic E-state index is 0.0550. The first-order valence-electron chi connectivity index (χ1n) is 8.61. The first kappa shape index (κ1) is 19.3. The maximum Gasteiger partial charge on any atom is 0.226 e. The normalized spacial score (nSPS) is 10.8. The third-order valence-corrected chi connectivity index (χ3v) is 5.54. The average Bonchev–Trinajstić information content (AvgIpc) is 3.34. The van der Waals surface area contributed by atoms with E-state index in [-0.39, 0.29) is 5.78 Å². The van der Waals surface area contributed by atoms with Crippen molar-refractivity contribution >= 4 is 34.6 Å². The summed E-state index contributed by atoms with van der Waals surface area (Å²) in [6.45, 7) is 2.79. The molecule has 0 saturated heterocycles. The summed E-state index contributed by atoms with van der Waals surface area (Å²) in [5.41, 5.74) is 2.42. The lowest BCUT2D eigenvalue weighted by Crippen LogP contribution is -2.26. The van der Waals surface area contributed by atoms with Gasteiger partial charge in [0.25, 0.3) is 0 Å². The fourth-order valence-corrected chi connectivity index (χ4v) is 3.54. The van der Waals surface area contributed by atoms with E-state index in [1.54, 1.807) is 18.4 Å². The summed E-state index contributed by atoms with van der Waals surface area (Å²) in [6, 6.07) is 11.0. The Labute approximate surface area is 167 Å². The molecule has 0 aliphatic carbocycles. The van der Waals surface area contributed by atoms with Crippen molar-refractivity contribution < 1.29 is 9.21 Å². The number of nitrogens with zero attached hydrogens (tertiary/aromatic N) is 2. The molecule has 0 aliphatic rings. The Balaban J connectivity index is 1.63. The van der Waals surface area contributed by atoms with E-state index >= 15 is 0 Å². The van der Waals surface area contributed by atoms with Crippen LogP contribution in [0.5, 0.6) is 0 Å². The van der Waals surface area contributed by atoms with Crippen molar-refractivity contribution in [2.75, 3.05) is 13.6 Å². The fraction of sp³-hybridized carbons (Fsp3) is 0.250. The number of ketones is 1. The van der Waals surface area contributed by atoms with Gasteiger partial charge in [0.2, 0.25) is 5.89 Å². The standard InChI is InChI=1S/C20H20ClN3O2S/c1-3-24(2)19(22)13-4-6-14(7-5-13)20-23-15(12-26-20)8-9-16(25)17-10-11-18(21)27-17/h4-7,10-12,22H,3,8-9H2,1-2H3. The lowest BCUT2D eigenvalue weighted by Gasteiger charge is -2.17. The monoisotopic (exact) mass is 401 g/mol. The maximum absolute atomic E-state index is 12.2. The van der Waals surface area contributed by atoms with Crippen molar-refractivity contribution in [3.8, 4) is 11.5 Å². The highest BCUT2D eigenvalue weighted by atomic mass is 35.5. The summed E-state index contributed by atoms with van der Waals surface area (Å²) in [5, 5.41) is 8.13. The number of aromatic nitrogens is 1. The number of amidine groups is 1. The van der Waals surface area contributed by atoms with Gasteiger partial charge in [-0.05, 0) is 31.2 Å². The van der Waals surface area contributed by atoms with E-state index in [9.17, 15) is 4.79 Å². The first-order chi connectivity index (χ1) is 13.0. The molecule has 2 heterocycles. The Kier molecular flexibility index (Phi) is 6.08. The zero-order chi connectivity index (χ0) is 19.4. The van der Waals surface area contributed by atoms with Gasteiger partial charge in [-0.25, -0.2) is 4.98 Å². The first-order valence-corrected chi connectivity index (χ1v) is 9.80. The minimum Gasteiger partial charge on any atom is -0.444 e. The van der Waals surface area contributed by atoms with Crippen LogP contribution in [0.3, 0.4) is 0 Å². The van der Waals surface area contributed by atoms with Gasteiger partial charge in [-0.1, -0.05) is 23.7 Å². The molecular weight excluding hydrogens is 382 g/mol. The molecule has 7 heteroatoms. The SMILES string of the molecule is CCN(C)C(=N)c1ccc(-c2nc(CCC(=O)c3ccc(Cl)s3)co2)cc1. The summed E-state index contributed by atoms with van der Waals surface area (Å²) in [5.74, 6) is 1.04. The molecule has 0 saturated carbocycles. The second-order valence-electron chi connectivity index (χ2n) is 6.11. The number of nitrogens with one attached hydrogen (secondary N) is 1. The van der Waals surface area contributed by atoms with Crippen LogP contribution in [0.1, 0.15) is 34.3 Å². The number of rotatable bonds is 7. The van der Waals surface area contributed by atoms with Crippen LogP contribution in [0.25, 0.3) is 11.5 Å². The number of carbonyl (C=O) groups is 1. The van der Waals surface area contributed by atoms with E-state index in [0.717, 1.165) is 23.4 Å². The van der Waals surface area contributed by atoms with E-state index in [2.05, 4.69) is 4.98 Å². The van der Waals surface area contributed by atoms with Gasteiger partial charge < -0.3 is 9.32 Å². The highest BCUT2D eigenvalue weighted by Crippen LogP contribution is 2.24. The largest absolute Gasteiger partial charge is 0.444 e. The third kappa shape index (κ3) is 4.64. The number of oxazole rings is 1. The summed E-state index contributed by atoms with van der Waals surface area (Å²) < 4.78 is 6.17. The molecule has 0 unspecified atom stereocenters. The second-order valence-corrected chi connectivity index (χ2v) is 7.83. The summed E-state index contributed by atoms with van der Waals surface area (Å²) >= 11 is 7.16. The predicted molar refractivity (Wildman–Crippen MR) is 109 cm³/mol. The summed E-state index contributed by atoms with van der Waals surface area (Å²) in [4.78, 5) is 19.2. The molecular formula is C20H20ClN3O2S. The second kappa shape index (κ2) is 8.50. The number of carbonyl (C=O) groups excluding carboxylic acids is 1. The van der Waals surface area contributed by atoms with Gasteiger partial charge in [0.15, 0.2) is 5.78 Å². The molecule has 0 fully saturated rings. The Bertz CT molecular complexity index is 946. The third-order valence-electron chi connectivity index (χ3n) is 4.27. The van der Waals surface area contributed by atoms with E-state index < -0.39 is 0 Å². The predicted octanol–water partition coefficient (Wildman–Crippen LogP) is 5.15. The molecule has 0 bridgehead atoms. The van der Waals surface area contributed by atoms with Gasteiger partial charge in [0.05, 0.1) is 14.9 Å². The lowest BCUT2D eigenvalue weighted by molar-refractivity contribution is 0.0986.